The number of phosphoric ester groups is 2. The zero-order valence-corrected chi connectivity index (χ0v) is 57.4. The first-order valence-corrected chi connectivity index (χ1v) is 38.0. The maximum absolute atomic E-state index is 13.0. The fourth-order valence-electron chi connectivity index (χ4n) is 10.1. The lowest BCUT2D eigenvalue weighted by Gasteiger charge is -2.21. The molecule has 0 saturated heterocycles. The predicted molar refractivity (Wildman–Crippen MR) is 345 cm³/mol. The van der Waals surface area contributed by atoms with Gasteiger partial charge in [-0.15, -0.1) is 0 Å². The van der Waals surface area contributed by atoms with Crippen LogP contribution < -0.4 is 0 Å². The molecular formula is C67H130O17P2. The highest BCUT2D eigenvalue weighted by molar-refractivity contribution is 7.47. The molecule has 0 aromatic carbocycles. The van der Waals surface area contributed by atoms with Crippen molar-refractivity contribution in [1.82, 2.24) is 0 Å². The van der Waals surface area contributed by atoms with Crippen LogP contribution in [0.1, 0.15) is 337 Å². The number of aliphatic hydroxyl groups is 1. The zero-order chi connectivity index (χ0) is 63.6. The van der Waals surface area contributed by atoms with Crippen LogP contribution in [0.15, 0.2) is 0 Å². The van der Waals surface area contributed by atoms with Crippen LogP contribution in [0.4, 0.5) is 0 Å². The van der Waals surface area contributed by atoms with Crippen LogP contribution in [0.5, 0.6) is 0 Å². The molecule has 86 heavy (non-hydrogen) atoms. The molecule has 0 amide bonds. The Morgan fingerprint density at radius 3 is 0.791 bits per heavy atom. The van der Waals surface area contributed by atoms with E-state index in [2.05, 4.69) is 41.5 Å². The third-order valence-electron chi connectivity index (χ3n) is 15.5. The largest absolute Gasteiger partial charge is 0.472 e. The topological polar surface area (TPSA) is 237 Å². The quantitative estimate of drug-likeness (QED) is 0.0222. The highest BCUT2D eigenvalue weighted by Gasteiger charge is 2.30. The van der Waals surface area contributed by atoms with Crippen LogP contribution in [0.25, 0.3) is 0 Å². The van der Waals surface area contributed by atoms with Gasteiger partial charge in [-0.25, -0.2) is 9.13 Å². The van der Waals surface area contributed by atoms with Crippen LogP contribution in [0.2, 0.25) is 0 Å². The number of hydrogen-bond acceptors (Lipinski definition) is 15. The maximum atomic E-state index is 13.0. The van der Waals surface area contributed by atoms with Gasteiger partial charge in [-0.2, -0.15) is 0 Å². The van der Waals surface area contributed by atoms with Crippen molar-refractivity contribution < 1.29 is 80.2 Å². The first-order chi connectivity index (χ1) is 41.4. The van der Waals surface area contributed by atoms with Crippen molar-refractivity contribution in [3.05, 3.63) is 0 Å². The standard InChI is InChI=1S/C67H130O17P2/c1-7-9-11-13-15-16-17-18-19-20-21-22-25-33-39-45-51-66(71)83-63(56-78-65(70)50-44-38-32-26-23-24-30-35-41-47-59(3)4)58-82-86(75,76)80-54-61(68)53-79-85(73,74)81-57-62(55-77-64(69)49-43-37-29-14-12-10-8-2)84-67(72)52-46-40-34-28-27-31-36-42-48-60(5)6/h59-63,68H,7-58H2,1-6H3,(H,73,74)(H,75,76)/t61-,62+,63+/m0/s1. The van der Waals surface area contributed by atoms with Crippen LogP contribution in [-0.4, -0.2) is 96.7 Å². The average molecular weight is 1270 g/mol. The van der Waals surface area contributed by atoms with Crippen molar-refractivity contribution in [3.8, 4) is 0 Å². The molecular weight excluding hydrogens is 1140 g/mol. The van der Waals surface area contributed by atoms with E-state index in [1.165, 1.54) is 141 Å². The second-order valence-electron chi connectivity index (χ2n) is 25.2. The number of carbonyl (C=O) groups excluding carboxylic acids is 4. The lowest BCUT2D eigenvalue weighted by molar-refractivity contribution is -0.161. The molecule has 0 aliphatic rings. The summed E-state index contributed by atoms with van der Waals surface area (Å²) in [5.41, 5.74) is 0. The van der Waals surface area contributed by atoms with Crippen LogP contribution in [-0.2, 0) is 65.4 Å². The normalized spacial score (nSPS) is 14.2. The Morgan fingerprint density at radius 1 is 0.314 bits per heavy atom. The number of unbranched alkanes of at least 4 members (excludes halogenated alkanes) is 36. The van der Waals surface area contributed by atoms with Gasteiger partial charge < -0.3 is 33.8 Å². The van der Waals surface area contributed by atoms with Gasteiger partial charge in [-0.05, 0) is 37.5 Å². The Morgan fingerprint density at radius 2 is 0.535 bits per heavy atom. The second-order valence-corrected chi connectivity index (χ2v) is 28.1. The SMILES string of the molecule is CCCCCCCCCCCCCCCCCCC(=O)O[C@H](COC(=O)CCCCCCCCCCCC(C)C)COP(=O)(O)OC[C@@H](O)COP(=O)(O)OC[C@@H](COC(=O)CCCCCCCCC)OC(=O)CCCCCCCCCCC(C)C. The minimum Gasteiger partial charge on any atom is -0.462 e. The van der Waals surface area contributed by atoms with Gasteiger partial charge in [0, 0.05) is 25.7 Å². The van der Waals surface area contributed by atoms with Crippen LogP contribution in [0.3, 0.4) is 0 Å². The fraction of sp³-hybridized carbons (Fsp3) is 0.940. The number of aliphatic hydroxyl groups excluding tert-OH is 1. The zero-order valence-electron chi connectivity index (χ0n) is 55.6. The molecule has 0 fully saturated rings. The molecule has 3 N–H and O–H groups in total. The molecule has 0 saturated carbocycles. The first-order valence-electron chi connectivity index (χ1n) is 35.0. The van der Waals surface area contributed by atoms with E-state index < -0.39 is 97.5 Å². The van der Waals surface area contributed by atoms with Crippen LogP contribution >= 0.6 is 15.6 Å². The van der Waals surface area contributed by atoms with Gasteiger partial charge in [0.1, 0.15) is 19.3 Å². The smallest absolute Gasteiger partial charge is 0.462 e. The highest BCUT2D eigenvalue weighted by atomic mass is 31.2. The third kappa shape index (κ3) is 60.9. The summed E-state index contributed by atoms with van der Waals surface area (Å²) in [6.45, 7) is 9.43. The highest BCUT2D eigenvalue weighted by Crippen LogP contribution is 2.45. The number of ether oxygens (including phenoxy) is 4. The minimum atomic E-state index is -4.95. The summed E-state index contributed by atoms with van der Waals surface area (Å²) in [4.78, 5) is 72.3. The molecule has 510 valence electrons. The molecule has 0 aliphatic heterocycles. The molecule has 0 rings (SSSR count). The molecule has 5 atom stereocenters. The Hall–Kier alpha value is -1.94. The number of rotatable bonds is 66. The van der Waals surface area contributed by atoms with Crippen molar-refractivity contribution in [3.63, 3.8) is 0 Å². The van der Waals surface area contributed by atoms with Gasteiger partial charge >= 0.3 is 39.5 Å². The summed E-state index contributed by atoms with van der Waals surface area (Å²) in [6.07, 6.45) is 43.2. The summed E-state index contributed by atoms with van der Waals surface area (Å²) in [6, 6.07) is 0. The molecule has 17 nitrogen and oxygen atoms in total. The van der Waals surface area contributed by atoms with Gasteiger partial charge in [-0.1, -0.05) is 286 Å². The van der Waals surface area contributed by atoms with Gasteiger partial charge in [0.25, 0.3) is 0 Å². The molecule has 0 aromatic heterocycles. The Labute approximate surface area is 524 Å². The minimum absolute atomic E-state index is 0.104. The van der Waals surface area contributed by atoms with Crippen molar-refractivity contribution in [2.45, 2.75) is 355 Å². The molecule has 0 aromatic rings. The molecule has 0 bridgehead atoms. The monoisotopic (exact) mass is 1270 g/mol. The predicted octanol–water partition coefficient (Wildman–Crippen LogP) is 18.8. The van der Waals surface area contributed by atoms with Gasteiger partial charge in [0.15, 0.2) is 12.2 Å². The molecule has 19 heteroatoms. The second kappa shape index (κ2) is 59.4. The number of carbonyl (C=O) groups is 4. The van der Waals surface area contributed by atoms with E-state index in [0.29, 0.717) is 25.7 Å². The molecule has 0 heterocycles. The lowest BCUT2D eigenvalue weighted by atomic mass is 10.0. The first kappa shape index (κ1) is 84.1. The number of esters is 4. The summed E-state index contributed by atoms with van der Waals surface area (Å²) < 4.78 is 68.1. The van der Waals surface area contributed by atoms with E-state index in [1.807, 2.05) is 0 Å². The summed E-state index contributed by atoms with van der Waals surface area (Å²) in [5.74, 6) is -0.672. The maximum Gasteiger partial charge on any atom is 0.472 e. The van der Waals surface area contributed by atoms with E-state index in [-0.39, 0.29) is 25.7 Å². The van der Waals surface area contributed by atoms with Crippen molar-refractivity contribution in [1.29, 1.82) is 0 Å². The van der Waals surface area contributed by atoms with Gasteiger partial charge in [-0.3, -0.25) is 37.3 Å². The van der Waals surface area contributed by atoms with E-state index in [9.17, 15) is 43.2 Å². The Kier molecular flexibility index (Phi) is 58.0. The van der Waals surface area contributed by atoms with Crippen LogP contribution in [0, 0.1) is 11.8 Å². The number of hydrogen-bond donors (Lipinski definition) is 3. The molecule has 0 spiro atoms. The Balaban J connectivity index is 5.21. The Bertz CT molecular complexity index is 1680. The van der Waals surface area contributed by atoms with Crippen molar-refractivity contribution in [2.24, 2.45) is 11.8 Å². The van der Waals surface area contributed by atoms with E-state index >= 15 is 0 Å². The number of phosphoric acid groups is 2. The summed E-state index contributed by atoms with van der Waals surface area (Å²) in [5, 5.41) is 10.5. The molecule has 2 unspecified atom stereocenters. The summed E-state index contributed by atoms with van der Waals surface area (Å²) in [7, 11) is -9.89. The van der Waals surface area contributed by atoms with Gasteiger partial charge in [0.05, 0.1) is 26.4 Å². The molecule has 0 radical (unpaired) electrons. The van der Waals surface area contributed by atoms with E-state index in [4.69, 9.17) is 37.0 Å². The van der Waals surface area contributed by atoms with Crippen molar-refractivity contribution >= 4 is 39.5 Å². The van der Waals surface area contributed by atoms with E-state index in [1.54, 1.807) is 0 Å². The van der Waals surface area contributed by atoms with E-state index in [0.717, 1.165) is 115 Å². The third-order valence-corrected chi connectivity index (χ3v) is 17.4. The summed E-state index contributed by atoms with van der Waals surface area (Å²) >= 11 is 0. The fourth-order valence-corrected chi connectivity index (χ4v) is 11.6. The molecule has 0 aliphatic carbocycles. The van der Waals surface area contributed by atoms with Gasteiger partial charge in [0.2, 0.25) is 0 Å². The van der Waals surface area contributed by atoms with Crippen molar-refractivity contribution in [2.75, 3.05) is 39.6 Å². The average Bonchev–Trinajstić information content (AvgIpc) is 3.68. The lowest BCUT2D eigenvalue weighted by Crippen LogP contribution is -2.30.